The molecule has 52 valence electrons. The molecule has 1 amide bonds. The van der Waals surface area contributed by atoms with Gasteiger partial charge in [-0.25, -0.2) is 0 Å². The molecule has 0 atom stereocenters. The van der Waals surface area contributed by atoms with Gasteiger partial charge in [-0.3, -0.25) is 9.59 Å². The Bertz CT molecular complexity index is 110. The van der Waals surface area contributed by atoms with Crippen molar-refractivity contribution in [1.29, 1.82) is 0 Å². The molecule has 0 aliphatic carbocycles. The number of nitrogens with one attached hydrogen (secondary N) is 1. The number of amides is 1. The molecular weight excluding hydrogens is 118 g/mol. The van der Waals surface area contributed by atoms with Crippen LogP contribution in [0.1, 0.15) is 13.8 Å². The third-order valence-corrected chi connectivity index (χ3v) is 0.792. The maximum absolute atomic E-state index is 10.2. The number of hydrogen-bond donors (Lipinski definition) is 1. The molecule has 0 unspecified atom stereocenters. The van der Waals surface area contributed by atoms with E-state index in [0.29, 0.717) is 12.5 Å². The van der Waals surface area contributed by atoms with Gasteiger partial charge in [-0.15, -0.1) is 0 Å². The lowest BCUT2D eigenvalue weighted by molar-refractivity contribution is -0.131. The fourth-order valence-electron chi connectivity index (χ4n) is 0.346. The minimum Gasteiger partial charge on any atom is -0.349 e. The molecule has 0 spiro atoms. The van der Waals surface area contributed by atoms with Crippen LogP contribution < -0.4 is 5.32 Å². The van der Waals surface area contributed by atoms with Crippen molar-refractivity contribution in [2.24, 2.45) is 5.92 Å². The highest BCUT2D eigenvalue weighted by Crippen LogP contribution is 1.85. The molecule has 0 saturated heterocycles. The molecule has 0 aromatic rings. The molecule has 0 aromatic heterocycles. The predicted octanol–water partition coefficient (Wildman–Crippen LogP) is -0.0425. The van der Waals surface area contributed by atoms with Crippen molar-refractivity contribution >= 4 is 12.2 Å². The Kier molecular flexibility index (Phi) is 3.67. The van der Waals surface area contributed by atoms with E-state index in [0.717, 1.165) is 0 Å². The number of aldehydes is 1. The zero-order chi connectivity index (χ0) is 7.28. The molecule has 0 bridgehead atoms. The van der Waals surface area contributed by atoms with Crippen molar-refractivity contribution in [3.8, 4) is 0 Å². The standard InChI is InChI=1S/C6H11NO2/c1-5(2)3-7-6(9)4-8/h4-5H,3H2,1-2H3,(H,7,9). The van der Waals surface area contributed by atoms with Gasteiger partial charge in [-0.1, -0.05) is 13.8 Å². The van der Waals surface area contributed by atoms with E-state index in [-0.39, 0.29) is 6.29 Å². The number of rotatable bonds is 3. The van der Waals surface area contributed by atoms with E-state index < -0.39 is 5.91 Å². The summed E-state index contributed by atoms with van der Waals surface area (Å²) in [6, 6.07) is 0. The Morgan fingerprint density at radius 2 is 2.22 bits per heavy atom. The van der Waals surface area contributed by atoms with Gasteiger partial charge >= 0.3 is 0 Å². The maximum Gasteiger partial charge on any atom is 0.284 e. The highest BCUT2D eigenvalue weighted by molar-refractivity contribution is 6.23. The minimum atomic E-state index is -0.538. The second kappa shape index (κ2) is 4.06. The minimum absolute atomic E-state index is 0.280. The lowest BCUT2D eigenvalue weighted by Gasteiger charge is -2.02. The summed E-state index contributed by atoms with van der Waals surface area (Å²) >= 11 is 0. The lowest BCUT2D eigenvalue weighted by atomic mass is 10.2. The summed E-state index contributed by atoms with van der Waals surface area (Å²) in [5.74, 6) is -0.141. The molecule has 0 radical (unpaired) electrons. The fourth-order valence-corrected chi connectivity index (χ4v) is 0.346. The third kappa shape index (κ3) is 5.00. The Balaban J connectivity index is 3.27. The van der Waals surface area contributed by atoms with Crippen LogP contribution in [0.2, 0.25) is 0 Å². The van der Waals surface area contributed by atoms with Gasteiger partial charge in [0, 0.05) is 6.54 Å². The molecule has 0 saturated carbocycles. The smallest absolute Gasteiger partial charge is 0.284 e. The fraction of sp³-hybridized carbons (Fsp3) is 0.667. The second-order valence-electron chi connectivity index (χ2n) is 2.26. The molecule has 0 fully saturated rings. The van der Waals surface area contributed by atoms with Gasteiger partial charge in [0.1, 0.15) is 0 Å². The third-order valence-electron chi connectivity index (χ3n) is 0.792. The van der Waals surface area contributed by atoms with E-state index in [1.165, 1.54) is 0 Å². The number of carbonyl (C=O) groups excluding carboxylic acids is 2. The van der Waals surface area contributed by atoms with Gasteiger partial charge in [0.25, 0.3) is 5.91 Å². The van der Waals surface area contributed by atoms with Crippen molar-refractivity contribution < 1.29 is 9.59 Å². The van der Waals surface area contributed by atoms with Crippen molar-refractivity contribution in [3.63, 3.8) is 0 Å². The Hall–Kier alpha value is -0.860. The highest BCUT2D eigenvalue weighted by atomic mass is 16.2. The molecule has 0 aliphatic heterocycles. The van der Waals surface area contributed by atoms with E-state index >= 15 is 0 Å². The first-order chi connectivity index (χ1) is 4.16. The number of hydrogen-bond acceptors (Lipinski definition) is 2. The average molecular weight is 129 g/mol. The Morgan fingerprint density at radius 1 is 1.67 bits per heavy atom. The van der Waals surface area contributed by atoms with Crippen molar-refractivity contribution in [2.75, 3.05) is 6.54 Å². The van der Waals surface area contributed by atoms with Gasteiger partial charge in [-0.05, 0) is 5.92 Å². The molecule has 3 nitrogen and oxygen atoms in total. The quantitative estimate of drug-likeness (QED) is 0.429. The van der Waals surface area contributed by atoms with Gasteiger partial charge < -0.3 is 5.32 Å². The van der Waals surface area contributed by atoms with Crippen LogP contribution in [0.4, 0.5) is 0 Å². The first-order valence-corrected chi connectivity index (χ1v) is 2.90. The van der Waals surface area contributed by atoms with Crippen LogP contribution in [0.3, 0.4) is 0 Å². The van der Waals surface area contributed by atoms with Gasteiger partial charge in [0.2, 0.25) is 6.29 Å². The van der Waals surface area contributed by atoms with Crippen molar-refractivity contribution in [1.82, 2.24) is 5.32 Å². The second-order valence-corrected chi connectivity index (χ2v) is 2.26. The molecule has 0 aromatic carbocycles. The number of carbonyl (C=O) groups is 2. The van der Waals surface area contributed by atoms with Crippen LogP contribution in [0, 0.1) is 5.92 Å². The molecule has 1 N–H and O–H groups in total. The summed E-state index contributed by atoms with van der Waals surface area (Å²) in [7, 11) is 0. The van der Waals surface area contributed by atoms with E-state index in [2.05, 4.69) is 5.32 Å². The first-order valence-electron chi connectivity index (χ1n) is 2.90. The molecule has 0 rings (SSSR count). The largest absolute Gasteiger partial charge is 0.349 e. The van der Waals surface area contributed by atoms with Gasteiger partial charge in [0.15, 0.2) is 0 Å². The molecule has 9 heavy (non-hydrogen) atoms. The highest BCUT2D eigenvalue weighted by Gasteiger charge is 1.97. The lowest BCUT2D eigenvalue weighted by Crippen LogP contribution is -2.27. The Morgan fingerprint density at radius 3 is 2.56 bits per heavy atom. The van der Waals surface area contributed by atoms with Crippen molar-refractivity contribution in [3.05, 3.63) is 0 Å². The Labute approximate surface area is 54.4 Å². The average Bonchev–Trinajstić information content (AvgIpc) is 1.83. The summed E-state index contributed by atoms with van der Waals surface area (Å²) in [4.78, 5) is 19.9. The normalized spacial score (nSPS) is 9.22. The molecule has 0 heterocycles. The summed E-state index contributed by atoms with van der Waals surface area (Å²) in [6.45, 7) is 4.49. The van der Waals surface area contributed by atoms with Crippen molar-refractivity contribution in [2.45, 2.75) is 13.8 Å². The molecule has 0 aliphatic rings. The van der Waals surface area contributed by atoms with Gasteiger partial charge in [0.05, 0.1) is 0 Å². The monoisotopic (exact) mass is 129 g/mol. The first kappa shape index (κ1) is 8.14. The van der Waals surface area contributed by atoms with Gasteiger partial charge in [-0.2, -0.15) is 0 Å². The van der Waals surface area contributed by atoms with Crippen LogP contribution in [0.25, 0.3) is 0 Å². The van der Waals surface area contributed by atoms with Crippen LogP contribution >= 0.6 is 0 Å². The topological polar surface area (TPSA) is 46.2 Å². The maximum atomic E-state index is 10.2. The van der Waals surface area contributed by atoms with E-state index in [4.69, 9.17) is 0 Å². The predicted molar refractivity (Wildman–Crippen MR) is 33.9 cm³/mol. The molecule has 3 heteroatoms. The van der Waals surface area contributed by atoms with Crippen LogP contribution in [-0.4, -0.2) is 18.7 Å². The van der Waals surface area contributed by atoms with E-state index in [1.807, 2.05) is 13.8 Å². The summed E-state index contributed by atoms with van der Waals surface area (Å²) in [5.41, 5.74) is 0. The van der Waals surface area contributed by atoms with E-state index in [1.54, 1.807) is 0 Å². The summed E-state index contributed by atoms with van der Waals surface area (Å²) in [6.07, 6.45) is 0.280. The van der Waals surface area contributed by atoms with Crippen LogP contribution in [0.5, 0.6) is 0 Å². The zero-order valence-corrected chi connectivity index (χ0v) is 5.68. The van der Waals surface area contributed by atoms with Crippen LogP contribution in [-0.2, 0) is 9.59 Å². The summed E-state index contributed by atoms with van der Waals surface area (Å²) < 4.78 is 0. The zero-order valence-electron chi connectivity index (χ0n) is 5.68. The summed E-state index contributed by atoms with van der Waals surface area (Å²) in [5, 5.41) is 2.42. The van der Waals surface area contributed by atoms with Crippen LogP contribution in [0.15, 0.2) is 0 Å². The van der Waals surface area contributed by atoms with E-state index in [9.17, 15) is 9.59 Å². The SMILES string of the molecule is CC(C)CNC(=O)C=O. The molecular formula is C6H11NO2.